The van der Waals surface area contributed by atoms with E-state index in [0.717, 1.165) is 26.0 Å². The second kappa shape index (κ2) is 8.08. The second-order valence-corrected chi connectivity index (χ2v) is 4.35. The Kier molecular flexibility index (Phi) is 6.98. The molecule has 2 atom stereocenters. The summed E-state index contributed by atoms with van der Waals surface area (Å²) in [6.45, 7) is 4.46. The first-order valence-electron chi connectivity index (χ1n) is 6.32. The van der Waals surface area contributed by atoms with Crippen LogP contribution in [0, 0.1) is 0 Å². The highest BCUT2D eigenvalue weighted by Crippen LogP contribution is 2.16. The fourth-order valence-corrected chi connectivity index (χ4v) is 2.11. The van der Waals surface area contributed by atoms with Crippen LogP contribution in [0.4, 0.5) is 0 Å². The Labute approximate surface area is 93.2 Å². The maximum atomic E-state index is 8.84. The molecule has 0 aliphatic carbocycles. The number of nitrogens with one attached hydrogen (secondary N) is 1. The summed E-state index contributed by atoms with van der Waals surface area (Å²) < 4.78 is 5.57. The van der Waals surface area contributed by atoms with Gasteiger partial charge in [-0.25, -0.2) is 0 Å². The molecule has 3 heteroatoms. The van der Waals surface area contributed by atoms with Crippen LogP contribution in [0.5, 0.6) is 0 Å². The van der Waals surface area contributed by atoms with Gasteiger partial charge in [-0.3, -0.25) is 0 Å². The van der Waals surface area contributed by atoms with E-state index in [2.05, 4.69) is 12.2 Å². The lowest BCUT2D eigenvalue weighted by Crippen LogP contribution is -2.30. The minimum absolute atomic E-state index is 0.289. The third kappa shape index (κ3) is 5.50. The number of rotatable bonds is 8. The molecule has 0 saturated carbocycles. The van der Waals surface area contributed by atoms with E-state index in [9.17, 15) is 0 Å². The number of aliphatic hydroxyl groups excluding tert-OH is 1. The van der Waals surface area contributed by atoms with E-state index in [1.807, 2.05) is 0 Å². The van der Waals surface area contributed by atoms with Gasteiger partial charge in [-0.05, 0) is 45.1 Å². The molecule has 1 fully saturated rings. The van der Waals surface area contributed by atoms with Crippen molar-refractivity contribution in [2.75, 3.05) is 19.8 Å². The largest absolute Gasteiger partial charge is 0.396 e. The highest BCUT2D eigenvalue weighted by atomic mass is 16.5. The molecule has 0 spiro atoms. The zero-order chi connectivity index (χ0) is 10.9. The van der Waals surface area contributed by atoms with Gasteiger partial charge in [-0.15, -0.1) is 0 Å². The third-order valence-electron chi connectivity index (χ3n) is 3.13. The molecule has 3 nitrogen and oxygen atoms in total. The van der Waals surface area contributed by atoms with Crippen molar-refractivity contribution in [1.29, 1.82) is 0 Å². The minimum Gasteiger partial charge on any atom is -0.396 e. The second-order valence-electron chi connectivity index (χ2n) is 4.35. The molecule has 0 radical (unpaired) electrons. The number of hydrogen-bond donors (Lipinski definition) is 2. The van der Waals surface area contributed by atoms with Gasteiger partial charge in [-0.1, -0.05) is 6.92 Å². The SMILES string of the molecule is CCC(CCO)NCCCC1CCCO1. The van der Waals surface area contributed by atoms with E-state index < -0.39 is 0 Å². The van der Waals surface area contributed by atoms with Crippen LogP contribution in [0.2, 0.25) is 0 Å². The molecule has 1 saturated heterocycles. The predicted octanol–water partition coefficient (Wildman–Crippen LogP) is 1.70. The Morgan fingerprint density at radius 2 is 2.40 bits per heavy atom. The Morgan fingerprint density at radius 1 is 1.53 bits per heavy atom. The molecule has 0 bridgehead atoms. The number of hydrogen-bond acceptors (Lipinski definition) is 3. The zero-order valence-corrected chi connectivity index (χ0v) is 9.87. The van der Waals surface area contributed by atoms with E-state index in [1.165, 1.54) is 25.7 Å². The summed E-state index contributed by atoms with van der Waals surface area (Å²) in [7, 11) is 0. The van der Waals surface area contributed by atoms with Crippen LogP contribution in [0.3, 0.4) is 0 Å². The summed E-state index contributed by atoms with van der Waals surface area (Å²) in [6.07, 6.45) is 7.34. The average Bonchev–Trinajstić information content (AvgIpc) is 2.75. The maximum Gasteiger partial charge on any atom is 0.0576 e. The van der Waals surface area contributed by atoms with Crippen LogP contribution in [0.25, 0.3) is 0 Å². The van der Waals surface area contributed by atoms with E-state index in [-0.39, 0.29) is 6.61 Å². The molecular formula is C12H25NO2. The molecule has 1 heterocycles. The molecule has 15 heavy (non-hydrogen) atoms. The first kappa shape index (κ1) is 12.9. The van der Waals surface area contributed by atoms with Crippen molar-refractivity contribution in [1.82, 2.24) is 5.32 Å². The van der Waals surface area contributed by atoms with E-state index in [1.54, 1.807) is 0 Å². The predicted molar refractivity (Wildman–Crippen MR) is 62.0 cm³/mol. The van der Waals surface area contributed by atoms with Gasteiger partial charge in [0, 0.05) is 19.3 Å². The van der Waals surface area contributed by atoms with Crippen LogP contribution in [-0.2, 0) is 4.74 Å². The Hall–Kier alpha value is -0.120. The maximum absolute atomic E-state index is 8.84. The quantitative estimate of drug-likeness (QED) is 0.606. The molecule has 1 aliphatic heterocycles. The van der Waals surface area contributed by atoms with Crippen molar-refractivity contribution in [3.8, 4) is 0 Å². The molecule has 0 amide bonds. The van der Waals surface area contributed by atoms with Gasteiger partial charge in [0.1, 0.15) is 0 Å². The van der Waals surface area contributed by atoms with Gasteiger partial charge in [0.05, 0.1) is 6.10 Å². The topological polar surface area (TPSA) is 41.5 Å². The highest BCUT2D eigenvalue weighted by Gasteiger charge is 2.14. The van der Waals surface area contributed by atoms with E-state index >= 15 is 0 Å². The van der Waals surface area contributed by atoms with Crippen LogP contribution in [0.1, 0.15) is 45.4 Å². The summed E-state index contributed by atoms with van der Waals surface area (Å²) in [4.78, 5) is 0. The minimum atomic E-state index is 0.289. The molecular weight excluding hydrogens is 190 g/mol. The van der Waals surface area contributed by atoms with Gasteiger partial charge in [0.25, 0.3) is 0 Å². The molecule has 1 rings (SSSR count). The first-order valence-corrected chi connectivity index (χ1v) is 6.32. The van der Waals surface area contributed by atoms with Crippen molar-refractivity contribution in [3.05, 3.63) is 0 Å². The van der Waals surface area contributed by atoms with Crippen molar-refractivity contribution in [2.45, 2.75) is 57.6 Å². The van der Waals surface area contributed by atoms with Gasteiger partial charge in [0.15, 0.2) is 0 Å². The number of ether oxygens (including phenoxy) is 1. The first-order chi connectivity index (χ1) is 7.36. The van der Waals surface area contributed by atoms with E-state index in [4.69, 9.17) is 9.84 Å². The lowest BCUT2D eigenvalue weighted by atomic mass is 10.1. The Morgan fingerprint density at radius 3 is 3.00 bits per heavy atom. The van der Waals surface area contributed by atoms with Gasteiger partial charge < -0.3 is 15.2 Å². The third-order valence-corrected chi connectivity index (χ3v) is 3.13. The fourth-order valence-electron chi connectivity index (χ4n) is 2.11. The molecule has 2 unspecified atom stereocenters. The zero-order valence-electron chi connectivity index (χ0n) is 9.87. The molecule has 0 aromatic carbocycles. The monoisotopic (exact) mass is 215 g/mol. The normalized spacial score (nSPS) is 23.2. The molecule has 2 N–H and O–H groups in total. The summed E-state index contributed by atoms with van der Waals surface area (Å²) in [6, 6.07) is 0.486. The van der Waals surface area contributed by atoms with Gasteiger partial charge >= 0.3 is 0 Å². The van der Waals surface area contributed by atoms with E-state index in [0.29, 0.717) is 12.1 Å². The summed E-state index contributed by atoms with van der Waals surface area (Å²) in [5.41, 5.74) is 0. The van der Waals surface area contributed by atoms with Crippen molar-refractivity contribution < 1.29 is 9.84 Å². The lowest BCUT2D eigenvalue weighted by molar-refractivity contribution is 0.102. The van der Waals surface area contributed by atoms with Crippen molar-refractivity contribution in [3.63, 3.8) is 0 Å². The average molecular weight is 215 g/mol. The number of aliphatic hydroxyl groups is 1. The van der Waals surface area contributed by atoms with Gasteiger partial charge in [0.2, 0.25) is 0 Å². The van der Waals surface area contributed by atoms with Crippen molar-refractivity contribution >= 4 is 0 Å². The molecule has 0 aromatic heterocycles. The van der Waals surface area contributed by atoms with Crippen LogP contribution >= 0.6 is 0 Å². The lowest BCUT2D eigenvalue weighted by Gasteiger charge is -2.16. The van der Waals surface area contributed by atoms with Crippen LogP contribution in [0.15, 0.2) is 0 Å². The van der Waals surface area contributed by atoms with Gasteiger partial charge in [-0.2, -0.15) is 0 Å². The van der Waals surface area contributed by atoms with Crippen LogP contribution in [-0.4, -0.2) is 37.0 Å². The highest BCUT2D eigenvalue weighted by molar-refractivity contribution is 4.68. The van der Waals surface area contributed by atoms with Crippen LogP contribution < -0.4 is 5.32 Å². The standard InChI is InChI=1S/C12H25NO2/c1-2-11(7-9-14)13-8-3-5-12-6-4-10-15-12/h11-14H,2-10H2,1H3. The Bertz CT molecular complexity index is 147. The summed E-state index contributed by atoms with van der Waals surface area (Å²) in [5.74, 6) is 0. The molecule has 90 valence electrons. The Balaban J connectivity index is 1.94. The molecule has 0 aromatic rings. The fraction of sp³-hybridized carbons (Fsp3) is 1.00. The summed E-state index contributed by atoms with van der Waals surface area (Å²) >= 11 is 0. The summed E-state index contributed by atoms with van der Waals surface area (Å²) in [5, 5.41) is 12.3. The molecule has 1 aliphatic rings. The van der Waals surface area contributed by atoms with Crippen molar-refractivity contribution in [2.24, 2.45) is 0 Å². The smallest absolute Gasteiger partial charge is 0.0576 e.